The van der Waals surface area contributed by atoms with Crippen LogP contribution in [-0.4, -0.2) is 43.5 Å². The van der Waals surface area contributed by atoms with Crippen molar-refractivity contribution in [2.75, 3.05) is 37.6 Å². The molecule has 2 aromatic carbocycles. The molecule has 2 aromatic rings. The fraction of sp³-hybridized carbons (Fsp3) is 0.435. The van der Waals surface area contributed by atoms with Crippen molar-refractivity contribution in [1.29, 1.82) is 0 Å². The molecule has 2 fully saturated rings. The van der Waals surface area contributed by atoms with Crippen LogP contribution in [0.4, 0.5) is 18.9 Å². The summed E-state index contributed by atoms with van der Waals surface area (Å²) in [7, 11) is 0. The molecule has 4 rings (SSSR count). The molecule has 0 aliphatic carbocycles. The van der Waals surface area contributed by atoms with Crippen LogP contribution in [0, 0.1) is 0 Å². The standard InChI is InChI=1S/C23H26F3N3O/c24-23(25,26)19-2-1-3-20(16-19)29-14-12-28(13-15-29)11-10-17-4-6-18(7-5-17)21-8-9-22(30)27-21/h1-7,16,21H,8-15H2,(H,27,30). The van der Waals surface area contributed by atoms with E-state index < -0.39 is 11.7 Å². The highest BCUT2D eigenvalue weighted by Gasteiger charge is 2.31. The Labute approximate surface area is 174 Å². The molecule has 1 N–H and O–H groups in total. The van der Waals surface area contributed by atoms with Gasteiger partial charge in [0.2, 0.25) is 5.91 Å². The second-order valence-corrected chi connectivity index (χ2v) is 8.03. The summed E-state index contributed by atoms with van der Waals surface area (Å²) in [5.41, 5.74) is 2.45. The number of rotatable bonds is 5. The van der Waals surface area contributed by atoms with Gasteiger partial charge in [0.05, 0.1) is 11.6 Å². The first kappa shape index (κ1) is 20.7. The molecule has 0 spiro atoms. The lowest BCUT2D eigenvalue weighted by molar-refractivity contribution is -0.137. The highest BCUT2D eigenvalue weighted by atomic mass is 19.4. The summed E-state index contributed by atoms with van der Waals surface area (Å²) >= 11 is 0. The van der Waals surface area contributed by atoms with E-state index in [0.717, 1.165) is 57.2 Å². The number of halogens is 3. The van der Waals surface area contributed by atoms with E-state index in [1.54, 1.807) is 6.07 Å². The number of benzene rings is 2. The topological polar surface area (TPSA) is 35.6 Å². The zero-order chi connectivity index (χ0) is 21.1. The number of carbonyl (C=O) groups excluding carboxylic acids is 1. The maximum Gasteiger partial charge on any atom is 0.416 e. The summed E-state index contributed by atoms with van der Waals surface area (Å²) in [6.07, 6.45) is -1.93. The van der Waals surface area contributed by atoms with Crippen molar-refractivity contribution in [1.82, 2.24) is 10.2 Å². The van der Waals surface area contributed by atoms with E-state index in [4.69, 9.17) is 0 Å². The third-order valence-electron chi connectivity index (χ3n) is 6.01. The maximum atomic E-state index is 12.9. The molecular formula is C23H26F3N3O. The van der Waals surface area contributed by atoms with Gasteiger partial charge in [0.15, 0.2) is 0 Å². The first-order chi connectivity index (χ1) is 14.4. The van der Waals surface area contributed by atoms with Gasteiger partial charge in [0.1, 0.15) is 0 Å². The van der Waals surface area contributed by atoms with Gasteiger partial charge in [-0.3, -0.25) is 9.69 Å². The van der Waals surface area contributed by atoms with Crippen LogP contribution in [0.1, 0.15) is 35.6 Å². The Balaban J connectivity index is 1.26. The van der Waals surface area contributed by atoms with Gasteiger partial charge >= 0.3 is 6.18 Å². The number of piperazine rings is 1. The molecular weight excluding hydrogens is 391 g/mol. The average Bonchev–Trinajstić information content (AvgIpc) is 3.19. The third kappa shape index (κ3) is 4.95. The first-order valence-corrected chi connectivity index (χ1v) is 10.4. The van der Waals surface area contributed by atoms with E-state index in [9.17, 15) is 18.0 Å². The molecule has 1 unspecified atom stereocenters. The molecule has 0 aromatic heterocycles. The first-order valence-electron chi connectivity index (χ1n) is 10.4. The zero-order valence-corrected chi connectivity index (χ0v) is 16.8. The number of hydrogen-bond acceptors (Lipinski definition) is 3. The molecule has 0 bridgehead atoms. The van der Waals surface area contributed by atoms with Crippen LogP contribution in [0.2, 0.25) is 0 Å². The summed E-state index contributed by atoms with van der Waals surface area (Å²) in [4.78, 5) is 15.8. The predicted molar refractivity (Wildman–Crippen MR) is 110 cm³/mol. The number of alkyl halides is 3. The predicted octanol–water partition coefficient (Wildman–Crippen LogP) is 4.02. The van der Waals surface area contributed by atoms with Gasteiger partial charge in [-0.25, -0.2) is 0 Å². The van der Waals surface area contributed by atoms with E-state index in [1.165, 1.54) is 17.7 Å². The van der Waals surface area contributed by atoms with E-state index in [2.05, 4.69) is 34.5 Å². The minimum Gasteiger partial charge on any atom is -0.369 e. The monoisotopic (exact) mass is 417 g/mol. The summed E-state index contributed by atoms with van der Waals surface area (Å²) in [5.74, 6) is 0.119. The fourth-order valence-electron chi connectivity index (χ4n) is 4.18. The molecule has 1 amide bonds. The Morgan fingerprint density at radius 2 is 1.73 bits per heavy atom. The summed E-state index contributed by atoms with van der Waals surface area (Å²) in [5, 5.41) is 2.99. The van der Waals surface area contributed by atoms with Crippen molar-refractivity contribution in [3.05, 3.63) is 65.2 Å². The molecule has 2 saturated heterocycles. The van der Waals surface area contributed by atoms with Crippen LogP contribution >= 0.6 is 0 Å². The van der Waals surface area contributed by atoms with Crippen molar-refractivity contribution in [2.45, 2.75) is 31.5 Å². The average molecular weight is 417 g/mol. The van der Waals surface area contributed by atoms with E-state index in [1.807, 2.05) is 4.90 Å². The van der Waals surface area contributed by atoms with Gasteiger partial charge in [-0.05, 0) is 42.2 Å². The number of carbonyl (C=O) groups is 1. The second-order valence-electron chi connectivity index (χ2n) is 8.03. The van der Waals surface area contributed by atoms with Crippen molar-refractivity contribution in [3.8, 4) is 0 Å². The van der Waals surface area contributed by atoms with E-state index >= 15 is 0 Å². The molecule has 2 aliphatic rings. The summed E-state index contributed by atoms with van der Waals surface area (Å²) < 4.78 is 38.8. The molecule has 1 atom stereocenters. The normalized spacial score (nSPS) is 20.4. The van der Waals surface area contributed by atoms with Crippen LogP contribution in [0.15, 0.2) is 48.5 Å². The van der Waals surface area contributed by atoms with Gasteiger partial charge in [0.25, 0.3) is 0 Å². The lowest BCUT2D eigenvalue weighted by Crippen LogP contribution is -2.47. The van der Waals surface area contributed by atoms with Crippen molar-refractivity contribution >= 4 is 11.6 Å². The Hall–Kier alpha value is -2.54. The van der Waals surface area contributed by atoms with Crippen LogP contribution in [0.5, 0.6) is 0 Å². The van der Waals surface area contributed by atoms with Crippen LogP contribution in [0.25, 0.3) is 0 Å². The van der Waals surface area contributed by atoms with E-state index in [-0.39, 0.29) is 11.9 Å². The second kappa shape index (κ2) is 8.68. The van der Waals surface area contributed by atoms with Crippen molar-refractivity contribution < 1.29 is 18.0 Å². The molecule has 7 heteroatoms. The zero-order valence-electron chi connectivity index (χ0n) is 16.8. The molecule has 2 heterocycles. The lowest BCUT2D eigenvalue weighted by Gasteiger charge is -2.36. The Morgan fingerprint density at radius 1 is 1.00 bits per heavy atom. The van der Waals surface area contributed by atoms with Gasteiger partial charge in [0, 0.05) is 44.8 Å². The summed E-state index contributed by atoms with van der Waals surface area (Å²) in [6, 6.07) is 14.2. The largest absolute Gasteiger partial charge is 0.416 e. The SMILES string of the molecule is O=C1CCC(c2ccc(CCN3CCN(c4cccc(C(F)(F)F)c4)CC3)cc2)N1. The van der Waals surface area contributed by atoms with Gasteiger partial charge < -0.3 is 10.2 Å². The summed E-state index contributed by atoms with van der Waals surface area (Å²) in [6.45, 7) is 4.05. The van der Waals surface area contributed by atoms with Crippen LogP contribution in [-0.2, 0) is 17.4 Å². The van der Waals surface area contributed by atoms with Crippen molar-refractivity contribution in [2.24, 2.45) is 0 Å². The fourth-order valence-corrected chi connectivity index (χ4v) is 4.18. The minimum absolute atomic E-state index is 0.119. The molecule has 160 valence electrons. The Morgan fingerprint density at radius 3 is 2.37 bits per heavy atom. The van der Waals surface area contributed by atoms with Gasteiger partial charge in [-0.1, -0.05) is 30.3 Å². The Kier molecular flexibility index (Phi) is 5.99. The van der Waals surface area contributed by atoms with Crippen LogP contribution < -0.4 is 10.2 Å². The number of nitrogens with one attached hydrogen (secondary N) is 1. The molecule has 2 aliphatic heterocycles. The maximum absolute atomic E-state index is 12.9. The number of nitrogens with zero attached hydrogens (tertiary/aromatic N) is 2. The van der Waals surface area contributed by atoms with Crippen LogP contribution in [0.3, 0.4) is 0 Å². The Bertz CT molecular complexity index is 874. The van der Waals surface area contributed by atoms with E-state index in [0.29, 0.717) is 12.1 Å². The number of anilines is 1. The number of amides is 1. The smallest absolute Gasteiger partial charge is 0.369 e. The lowest BCUT2D eigenvalue weighted by atomic mass is 10.0. The number of hydrogen-bond donors (Lipinski definition) is 1. The molecule has 4 nitrogen and oxygen atoms in total. The third-order valence-corrected chi connectivity index (χ3v) is 6.01. The highest BCUT2D eigenvalue weighted by Crippen LogP contribution is 2.32. The van der Waals surface area contributed by atoms with Crippen molar-refractivity contribution in [3.63, 3.8) is 0 Å². The molecule has 30 heavy (non-hydrogen) atoms. The molecule has 0 radical (unpaired) electrons. The minimum atomic E-state index is -4.31. The van der Waals surface area contributed by atoms with Gasteiger partial charge in [-0.2, -0.15) is 13.2 Å². The highest BCUT2D eigenvalue weighted by molar-refractivity contribution is 5.78. The van der Waals surface area contributed by atoms with Gasteiger partial charge in [-0.15, -0.1) is 0 Å². The quantitative estimate of drug-likeness (QED) is 0.798. The molecule has 0 saturated carbocycles.